The second kappa shape index (κ2) is 8.28. The molecule has 2 aromatic rings. The van der Waals surface area contributed by atoms with Gasteiger partial charge in [-0.05, 0) is 55.9 Å². The second-order valence-corrected chi connectivity index (χ2v) is 10.1. The van der Waals surface area contributed by atoms with Gasteiger partial charge in [-0.1, -0.05) is 6.92 Å². The van der Waals surface area contributed by atoms with Crippen LogP contribution < -0.4 is 0 Å². The molecule has 7 nitrogen and oxygen atoms in total. The molecule has 1 aliphatic rings. The largest absolute Gasteiger partial charge is 0.337 e. The number of sulfonamides is 1. The third kappa shape index (κ3) is 4.53. The molecule has 158 valence electrons. The number of rotatable bonds is 5. The Morgan fingerprint density at radius 2 is 1.90 bits per heavy atom. The summed E-state index contributed by atoms with van der Waals surface area (Å²) < 4.78 is 29.8. The minimum absolute atomic E-state index is 0.208. The molecule has 1 amide bonds. The third-order valence-corrected chi connectivity index (χ3v) is 7.78. The topological polar surface area (TPSA) is 75.5 Å². The van der Waals surface area contributed by atoms with Gasteiger partial charge in [-0.25, -0.2) is 8.42 Å². The van der Waals surface area contributed by atoms with E-state index in [0.29, 0.717) is 36.7 Å². The van der Waals surface area contributed by atoms with Crippen LogP contribution in [0.4, 0.5) is 0 Å². The highest BCUT2D eigenvalue weighted by Gasteiger charge is 2.30. The van der Waals surface area contributed by atoms with Gasteiger partial charge in [0.25, 0.3) is 5.91 Å². The van der Waals surface area contributed by atoms with E-state index in [4.69, 9.17) is 0 Å². The molecule has 29 heavy (non-hydrogen) atoms. The molecule has 0 N–H and O–H groups in total. The van der Waals surface area contributed by atoms with Gasteiger partial charge in [0, 0.05) is 51.1 Å². The zero-order valence-electron chi connectivity index (χ0n) is 17.8. The molecule has 0 spiro atoms. The molecular weight excluding hydrogens is 388 g/mol. The Hall–Kier alpha value is -2.19. The standard InChI is InChI=1S/C21H30N4O3S/c1-15-6-8-25(9-7-15)29(27,28)20-11-19(10-16(2)17(20)3)21(26)23(4)13-18-12-22-24(5)14-18/h10-12,14-15H,6-9,13H2,1-5H3. The highest BCUT2D eigenvalue weighted by molar-refractivity contribution is 7.89. The highest BCUT2D eigenvalue weighted by Crippen LogP contribution is 2.28. The maximum absolute atomic E-state index is 13.3. The first kappa shape index (κ1) is 21.5. The van der Waals surface area contributed by atoms with Crippen LogP contribution in [0.15, 0.2) is 29.4 Å². The average molecular weight is 419 g/mol. The van der Waals surface area contributed by atoms with Crippen LogP contribution >= 0.6 is 0 Å². The van der Waals surface area contributed by atoms with Crippen molar-refractivity contribution in [1.82, 2.24) is 19.0 Å². The van der Waals surface area contributed by atoms with Gasteiger partial charge in [-0.15, -0.1) is 0 Å². The second-order valence-electron chi connectivity index (χ2n) is 8.19. The lowest BCUT2D eigenvalue weighted by molar-refractivity contribution is 0.0784. The number of carbonyl (C=O) groups excluding carboxylic acids is 1. The first-order valence-corrected chi connectivity index (χ1v) is 11.4. The number of piperidine rings is 1. The maximum Gasteiger partial charge on any atom is 0.253 e. The SMILES string of the molecule is Cc1cc(C(=O)N(C)Cc2cnn(C)c2)cc(S(=O)(=O)N2CCC(C)CC2)c1C. The molecule has 0 atom stereocenters. The molecule has 1 aromatic heterocycles. The van der Waals surface area contributed by atoms with Crippen molar-refractivity contribution in [3.05, 3.63) is 46.8 Å². The summed E-state index contributed by atoms with van der Waals surface area (Å²) in [4.78, 5) is 14.8. The molecule has 0 bridgehead atoms. The van der Waals surface area contributed by atoms with E-state index in [-0.39, 0.29) is 10.8 Å². The fourth-order valence-corrected chi connectivity index (χ4v) is 5.50. The molecular formula is C21H30N4O3S. The van der Waals surface area contributed by atoms with Crippen molar-refractivity contribution in [2.45, 2.75) is 45.1 Å². The lowest BCUT2D eigenvalue weighted by Crippen LogP contribution is -2.38. The van der Waals surface area contributed by atoms with Crippen LogP contribution in [0.5, 0.6) is 0 Å². The van der Waals surface area contributed by atoms with Crippen LogP contribution in [0.2, 0.25) is 0 Å². The number of hydrogen-bond acceptors (Lipinski definition) is 4. The predicted molar refractivity (Wildman–Crippen MR) is 112 cm³/mol. The van der Waals surface area contributed by atoms with E-state index in [2.05, 4.69) is 12.0 Å². The third-order valence-electron chi connectivity index (χ3n) is 5.75. The van der Waals surface area contributed by atoms with E-state index in [1.165, 1.54) is 6.07 Å². The fraction of sp³-hybridized carbons (Fsp3) is 0.524. The summed E-state index contributed by atoms with van der Waals surface area (Å²) in [5, 5.41) is 4.12. The van der Waals surface area contributed by atoms with Crippen molar-refractivity contribution in [2.24, 2.45) is 13.0 Å². The minimum Gasteiger partial charge on any atom is -0.337 e. The number of carbonyl (C=O) groups is 1. The maximum atomic E-state index is 13.3. The number of nitrogens with zero attached hydrogens (tertiary/aromatic N) is 4. The fourth-order valence-electron chi connectivity index (χ4n) is 3.70. The summed E-state index contributed by atoms with van der Waals surface area (Å²) in [7, 11) is -0.0871. The van der Waals surface area contributed by atoms with Gasteiger partial charge < -0.3 is 4.90 Å². The molecule has 2 heterocycles. The van der Waals surface area contributed by atoms with E-state index in [1.54, 1.807) is 33.2 Å². The molecule has 1 aliphatic heterocycles. The number of amides is 1. The van der Waals surface area contributed by atoms with Crippen LogP contribution in [-0.2, 0) is 23.6 Å². The molecule has 1 aromatic carbocycles. The van der Waals surface area contributed by atoms with Crippen LogP contribution in [0.1, 0.15) is 46.8 Å². The zero-order valence-corrected chi connectivity index (χ0v) is 18.7. The lowest BCUT2D eigenvalue weighted by Gasteiger charge is -2.30. The van der Waals surface area contributed by atoms with Gasteiger partial charge in [0.05, 0.1) is 11.1 Å². The molecule has 0 saturated carbocycles. The molecule has 1 fully saturated rings. The van der Waals surface area contributed by atoms with Gasteiger partial charge in [-0.2, -0.15) is 9.40 Å². The van der Waals surface area contributed by atoms with Crippen LogP contribution in [0.25, 0.3) is 0 Å². The van der Waals surface area contributed by atoms with Gasteiger partial charge >= 0.3 is 0 Å². The molecule has 0 radical (unpaired) electrons. The predicted octanol–water partition coefficient (Wildman–Crippen LogP) is 2.73. The van der Waals surface area contributed by atoms with E-state index in [9.17, 15) is 13.2 Å². The van der Waals surface area contributed by atoms with Crippen LogP contribution in [0, 0.1) is 19.8 Å². The van der Waals surface area contributed by atoms with Crippen molar-refractivity contribution < 1.29 is 13.2 Å². The lowest BCUT2D eigenvalue weighted by atomic mass is 10.0. The number of aromatic nitrogens is 2. The Labute approximate surface area is 173 Å². The van der Waals surface area contributed by atoms with E-state index < -0.39 is 10.0 Å². The van der Waals surface area contributed by atoms with Crippen LogP contribution in [-0.4, -0.2) is 53.4 Å². The molecule has 0 aliphatic carbocycles. The highest BCUT2D eigenvalue weighted by atomic mass is 32.2. The van der Waals surface area contributed by atoms with Crippen LogP contribution in [0.3, 0.4) is 0 Å². The zero-order chi connectivity index (χ0) is 21.3. The number of benzene rings is 1. The Kier molecular flexibility index (Phi) is 6.14. The summed E-state index contributed by atoms with van der Waals surface area (Å²) in [5.41, 5.74) is 2.82. The normalized spacial score (nSPS) is 16.2. The Bertz CT molecular complexity index is 1000. The summed E-state index contributed by atoms with van der Waals surface area (Å²) in [5.74, 6) is 0.332. The van der Waals surface area contributed by atoms with Crippen molar-refractivity contribution in [3.8, 4) is 0 Å². The van der Waals surface area contributed by atoms with Gasteiger partial charge in [0.15, 0.2) is 0 Å². The minimum atomic E-state index is -3.63. The van der Waals surface area contributed by atoms with Gasteiger partial charge in [0.1, 0.15) is 0 Å². The average Bonchev–Trinajstić information content (AvgIpc) is 3.08. The first-order chi connectivity index (χ1) is 13.6. The molecule has 8 heteroatoms. The number of aryl methyl sites for hydroxylation is 2. The Balaban J connectivity index is 1.89. The van der Waals surface area contributed by atoms with Crippen molar-refractivity contribution >= 4 is 15.9 Å². The van der Waals surface area contributed by atoms with E-state index >= 15 is 0 Å². The quantitative estimate of drug-likeness (QED) is 0.748. The molecule has 3 rings (SSSR count). The molecule has 0 unspecified atom stereocenters. The first-order valence-electron chi connectivity index (χ1n) is 9.94. The summed E-state index contributed by atoms with van der Waals surface area (Å²) >= 11 is 0. The van der Waals surface area contributed by atoms with E-state index in [1.807, 2.05) is 27.1 Å². The van der Waals surface area contributed by atoms with Crippen molar-refractivity contribution in [2.75, 3.05) is 20.1 Å². The number of hydrogen-bond donors (Lipinski definition) is 0. The van der Waals surface area contributed by atoms with Gasteiger partial charge in [-0.3, -0.25) is 9.48 Å². The van der Waals surface area contributed by atoms with Gasteiger partial charge in [0.2, 0.25) is 10.0 Å². The van der Waals surface area contributed by atoms with E-state index in [0.717, 1.165) is 24.0 Å². The smallest absolute Gasteiger partial charge is 0.253 e. The monoisotopic (exact) mass is 418 g/mol. The molecule has 1 saturated heterocycles. The summed E-state index contributed by atoms with van der Waals surface area (Å²) in [6.45, 7) is 7.28. The summed E-state index contributed by atoms with van der Waals surface area (Å²) in [6, 6.07) is 3.31. The van der Waals surface area contributed by atoms with Crippen molar-refractivity contribution in [3.63, 3.8) is 0 Å². The van der Waals surface area contributed by atoms with Crippen molar-refractivity contribution in [1.29, 1.82) is 0 Å². The summed E-state index contributed by atoms with van der Waals surface area (Å²) in [6.07, 6.45) is 5.31. The Morgan fingerprint density at radius 3 is 2.48 bits per heavy atom. The Morgan fingerprint density at radius 1 is 1.24 bits per heavy atom.